The fourth-order valence-corrected chi connectivity index (χ4v) is 1.63. The van der Waals surface area contributed by atoms with Gasteiger partial charge in [0.05, 0.1) is 25.5 Å². The van der Waals surface area contributed by atoms with Gasteiger partial charge >= 0.3 is 0 Å². The van der Waals surface area contributed by atoms with Crippen LogP contribution in [0.25, 0.3) is 0 Å². The number of rotatable bonds is 7. The van der Waals surface area contributed by atoms with Gasteiger partial charge in [-0.3, -0.25) is 10.7 Å². The zero-order valence-electron chi connectivity index (χ0n) is 9.50. The van der Waals surface area contributed by atoms with Gasteiger partial charge in [0.1, 0.15) is 0 Å². The predicted octanol–water partition coefficient (Wildman–Crippen LogP) is -0.229. The topological polar surface area (TPSA) is 96.2 Å². The Morgan fingerprint density at radius 1 is 1.06 bits per heavy atom. The van der Waals surface area contributed by atoms with Gasteiger partial charge in [0.2, 0.25) is 0 Å². The fraction of sp³-hybridized carbons (Fsp3) is 0.455. The molecule has 1 rings (SSSR count). The van der Waals surface area contributed by atoms with E-state index in [9.17, 15) is 0 Å². The summed E-state index contributed by atoms with van der Waals surface area (Å²) in [6, 6.07) is 5.07. The summed E-state index contributed by atoms with van der Waals surface area (Å²) in [6.07, 6.45) is 0. The second-order valence-corrected chi connectivity index (χ2v) is 3.55. The van der Waals surface area contributed by atoms with Crippen LogP contribution in [0.2, 0.25) is 0 Å². The molecule has 17 heavy (non-hydrogen) atoms. The first kappa shape index (κ1) is 13.7. The first-order chi connectivity index (χ1) is 8.26. The van der Waals surface area contributed by atoms with E-state index in [0.717, 1.165) is 5.69 Å². The molecule has 0 aliphatic heterocycles. The van der Waals surface area contributed by atoms with Crippen LogP contribution in [0.1, 0.15) is 5.56 Å². The number of aliphatic hydroxyl groups excluding tert-OH is 3. The van der Waals surface area contributed by atoms with E-state index in [2.05, 4.69) is 0 Å². The number of benzene rings is 1. The predicted molar refractivity (Wildman–Crippen MR) is 64.2 cm³/mol. The molecule has 0 aromatic heterocycles. The summed E-state index contributed by atoms with van der Waals surface area (Å²) in [5.74, 6) is 0. The second-order valence-electron chi connectivity index (χ2n) is 3.55. The monoisotopic (exact) mass is 242 g/mol. The summed E-state index contributed by atoms with van der Waals surface area (Å²) in [4.78, 5) is 1.79. The number of nitrogens with one attached hydrogen (secondary N) is 1. The van der Waals surface area contributed by atoms with E-state index in [-0.39, 0.29) is 19.8 Å². The number of hydrogen-bond donors (Lipinski definition) is 5. The van der Waals surface area contributed by atoms with Crippen molar-refractivity contribution in [3.63, 3.8) is 0 Å². The highest BCUT2D eigenvalue weighted by Crippen LogP contribution is 2.22. The minimum atomic E-state index is -0.206. The summed E-state index contributed by atoms with van der Waals surface area (Å²) in [7, 11) is 0. The van der Waals surface area contributed by atoms with E-state index in [1.807, 2.05) is 5.48 Å². The molecule has 0 saturated heterocycles. The highest BCUT2D eigenvalue weighted by atomic mass is 16.5. The molecule has 96 valence electrons. The molecule has 5 N–H and O–H groups in total. The van der Waals surface area contributed by atoms with Gasteiger partial charge in [-0.1, -0.05) is 0 Å². The van der Waals surface area contributed by atoms with Crippen molar-refractivity contribution in [2.45, 2.75) is 6.61 Å². The van der Waals surface area contributed by atoms with Crippen LogP contribution >= 0.6 is 0 Å². The van der Waals surface area contributed by atoms with E-state index >= 15 is 0 Å². The first-order valence-corrected chi connectivity index (χ1v) is 5.37. The van der Waals surface area contributed by atoms with Gasteiger partial charge in [-0.15, -0.1) is 0 Å². The Morgan fingerprint density at radius 3 is 2.18 bits per heavy atom. The van der Waals surface area contributed by atoms with Crippen LogP contribution in [0, 0.1) is 0 Å². The Balaban J connectivity index is 2.94. The lowest BCUT2D eigenvalue weighted by atomic mass is 10.1. The molecule has 0 bridgehead atoms. The smallest absolute Gasteiger partial charge is 0.0703 e. The summed E-state index contributed by atoms with van der Waals surface area (Å²) in [5, 5.41) is 35.8. The van der Waals surface area contributed by atoms with Gasteiger partial charge < -0.3 is 20.2 Å². The SMILES string of the molecule is OCCN(CCO)c1ccc(NO)c(CO)c1. The Morgan fingerprint density at radius 2 is 1.71 bits per heavy atom. The fourth-order valence-electron chi connectivity index (χ4n) is 1.63. The van der Waals surface area contributed by atoms with Crippen molar-refractivity contribution in [3.05, 3.63) is 23.8 Å². The molecule has 0 heterocycles. The highest BCUT2D eigenvalue weighted by molar-refractivity contribution is 5.59. The maximum absolute atomic E-state index is 9.15. The molecule has 0 saturated carbocycles. The van der Waals surface area contributed by atoms with Crippen LogP contribution in [0.4, 0.5) is 11.4 Å². The molecular formula is C11H18N2O4. The van der Waals surface area contributed by atoms with E-state index in [0.29, 0.717) is 24.3 Å². The van der Waals surface area contributed by atoms with Gasteiger partial charge in [0.15, 0.2) is 0 Å². The zero-order valence-corrected chi connectivity index (χ0v) is 9.50. The van der Waals surface area contributed by atoms with Crippen molar-refractivity contribution in [2.75, 3.05) is 36.7 Å². The number of nitrogens with zero attached hydrogens (tertiary/aromatic N) is 1. The summed E-state index contributed by atoms with van der Waals surface area (Å²) in [5.41, 5.74) is 3.76. The molecule has 0 fully saturated rings. The van der Waals surface area contributed by atoms with Gasteiger partial charge in [0, 0.05) is 24.3 Å². The lowest BCUT2D eigenvalue weighted by molar-refractivity contribution is 0.279. The van der Waals surface area contributed by atoms with Gasteiger partial charge in [0.25, 0.3) is 0 Å². The van der Waals surface area contributed by atoms with E-state index in [4.69, 9.17) is 20.5 Å². The number of anilines is 2. The lowest BCUT2D eigenvalue weighted by Gasteiger charge is -2.24. The van der Waals surface area contributed by atoms with Crippen LogP contribution in [0.5, 0.6) is 0 Å². The summed E-state index contributed by atoms with van der Waals surface area (Å²) >= 11 is 0. The van der Waals surface area contributed by atoms with Crippen molar-refractivity contribution in [1.82, 2.24) is 0 Å². The molecule has 6 nitrogen and oxygen atoms in total. The third kappa shape index (κ3) is 3.57. The van der Waals surface area contributed by atoms with Gasteiger partial charge in [-0.05, 0) is 18.2 Å². The summed E-state index contributed by atoms with van der Waals surface area (Å²) in [6.45, 7) is 0.556. The van der Waals surface area contributed by atoms with Gasteiger partial charge in [-0.25, -0.2) is 0 Å². The molecule has 1 aromatic rings. The zero-order chi connectivity index (χ0) is 12.7. The molecule has 0 aliphatic carbocycles. The van der Waals surface area contributed by atoms with Crippen LogP contribution in [0.3, 0.4) is 0 Å². The normalized spacial score (nSPS) is 10.4. The third-order valence-corrected chi connectivity index (χ3v) is 2.48. The molecule has 0 radical (unpaired) electrons. The van der Waals surface area contributed by atoms with E-state index in [1.54, 1.807) is 23.1 Å². The molecule has 1 aromatic carbocycles. The Bertz CT molecular complexity index is 340. The molecule has 0 atom stereocenters. The Hall–Kier alpha value is -1.34. The minimum absolute atomic E-state index is 0.0194. The standard InChI is InChI=1S/C11H18N2O4/c14-5-3-13(4-6-15)10-1-2-11(12-17)9(7-10)8-16/h1-2,7,12,14-17H,3-6,8H2. The molecule has 6 heteroatoms. The lowest BCUT2D eigenvalue weighted by Crippen LogP contribution is -2.29. The molecule has 0 unspecified atom stereocenters. The average molecular weight is 242 g/mol. The van der Waals surface area contributed by atoms with Crippen molar-refractivity contribution in [1.29, 1.82) is 0 Å². The van der Waals surface area contributed by atoms with Crippen LogP contribution in [0.15, 0.2) is 18.2 Å². The van der Waals surface area contributed by atoms with Crippen molar-refractivity contribution < 1.29 is 20.5 Å². The van der Waals surface area contributed by atoms with Crippen molar-refractivity contribution >= 4 is 11.4 Å². The van der Waals surface area contributed by atoms with Gasteiger partial charge in [-0.2, -0.15) is 0 Å². The van der Waals surface area contributed by atoms with Crippen molar-refractivity contribution in [2.24, 2.45) is 0 Å². The number of aliphatic hydroxyl groups is 3. The first-order valence-electron chi connectivity index (χ1n) is 5.37. The van der Waals surface area contributed by atoms with Crippen LogP contribution in [-0.2, 0) is 6.61 Å². The van der Waals surface area contributed by atoms with Crippen LogP contribution in [-0.4, -0.2) is 46.8 Å². The van der Waals surface area contributed by atoms with E-state index in [1.165, 1.54) is 0 Å². The molecule has 0 spiro atoms. The largest absolute Gasteiger partial charge is 0.395 e. The Labute approximate surface area is 99.7 Å². The second kappa shape index (κ2) is 7.08. The molecule has 0 aliphatic rings. The molecular weight excluding hydrogens is 224 g/mol. The molecule has 0 amide bonds. The Kier molecular flexibility index (Phi) is 5.71. The maximum Gasteiger partial charge on any atom is 0.0703 e. The minimum Gasteiger partial charge on any atom is -0.395 e. The third-order valence-electron chi connectivity index (χ3n) is 2.48. The summed E-state index contributed by atoms with van der Waals surface area (Å²) < 4.78 is 0. The average Bonchev–Trinajstić information content (AvgIpc) is 2.37. The van der Waals surface area contributed by atoms with Crippen molar-refractivity contribution in [3.8, 4) is 0 Å². The maximum atomic E-state index is 9.15. The van der Waals surface area contributed by atoms with Crippen LogP contribution < -0.4 is 10.4 Å². The highest BCUT2D eigenvalue weighted by Gasteiger charge is 2.08. The number of hydrogen-bond acceptors (Lipinski definition) is 6. The van der Waals surface area contributed by atoms with E-state index < -0.39 is 0 Å². The quantitative estimate of drug-likeness (QED) is 0.424.